The van der Waals surface area contributed by atoms with Gasteiger partial charge in [0.2, 0.25) is 0 Å². The van der Waals surface area contributed by atoms with Gasteiger partial charge >= 0.3 is 0 Å². The molecule has 0 atom stereocenters. The van der Waals surface area contributed by atoms with Gasteiger partial charge in [0.1, 0.15) is 0 Å². The fourth-order valence-electron chi connectivity index (χ4n) is 3.40. The number of carbonyl (C=O) groups excluding carboxylic acids is 2. The van der Waals surface area contributed by atoms with Gasteiger partial charge in [-0.2, -0.15) is 5.10 Å². The second-order valence-corrected chi connectivity index (χ2v) is 6.90. The molecule has 26 heavy (non-hydrogen) atoms. The molecule has 1 aliphatic heterocycles. The standard InChI is InChI=1S/C19H17ClN4O2/c1-10-17(20)11(2)24-18(21-10)15-8-23(9-16(15)22-24)19(26)14-7-5-4-6-13(14)12(3)25/h4-7H,8-9H2,1-3H3. The van der Waals surface area contributed by atoms with E-state index in [2.05, 4.69) is 10.1 Å². The Hall–Kier alpha value is -2.73. The number of rotatable bonds is 2. The third-order valence-corrected chi connectivity index (χ3v) is 5.33. The summed E-state index contributed by atoms with van der Waals surface area (Å²) in [5.41, 5.74) is 4.92. The number of nitrogens with zero attached hydrogens (tertiary/aromatic N) is 4. The van der Waals surface area contributed by atoms with Gasteiger partial charge in [0, 0.05) is 11.1 Å². The van der Waals surface area contributed by atoms with E-state index >= 15 is 0 Å². The van der Waals surface area contributed by atoms with Crippen LogP contribution in [0.25, 0.3) is 5.65 Å². The van der Waals surface area contributed by atoms with Gasteiger partial charge in [0.05, 0.1) is 40.8 Å². The van der Waals surface area contributed by atoms with Crippen molar-refractivity contribution in [1.29, 1.82) is 0 Å². The number of Topliss-reactive ketones (excluding diaryl/α,β-unsaturated/α-hetero) is 1. The lowest BCUT2D eigenvalue weighted by Gasteiger charge is -2.17. The Morgan fingerprint density at radius 2 is 1.81 bits per heavy atom. The molecular weight excluding hydrogens is 352 g/mol. The third-order valence-electron chi connectivity index (χ3n) is 4.78. The molecule has 0 saturated heterocycles. The molecule has 3 aromatic rings. The molecule has 6 nitrogen and oxygen atoms in total. The molecule has 132 valence electrons. The summed E-state index contributed by atoms with van der Waals surface area (Å²) in [5, 5.41) is 5.19. The van der Waals surface area contributed by atoms with Gasteiger partial charge in [-0.3, -0.25) is 9.59 Å². The zero-order valence-corrected chi connectivity index (χ0v) is 15.5. The van der Waals surface area contributed by atoms with Gasteiger partial charge in [-0.05, 0) is 26.8 Å². The molecule has 1 aliphatic rings. The van der Waals surface area contributed by atoms with Gasteiger partial charge < -0.3 is 4.90 Å². The first kappa shape index (κ1) is 16.7. The van der Waals surface area contributed by atoms with E-state index < -0.39 is 0 Å². The average Bonchev–Trinajstić information content (AvgIpc) is 3.18. The molecule has 0 spiro atoms. The van der Waals surface area contributed by atoms with Crippen LogP contribution in [-0.2, 0) is 13.1 Å². The van der Waals surface area contributed by atoms with Crippen molar-refractivity contribution >= 4 is 28.9 Å². The number of benzene rings is 1. The molecule has 3 heterocycles. The van der Waals surface area contributed by atoms with E-state index in [1.165, 1.54) is 6.92 Å². The Labute approximate surface area is 155 Å². The molecule has 0 aliphatic carbocycles. The molecule has 4 rings (SSSR count). The van der Waals surface area contributed by atoms with Crippen molar-refractivity contribution in [2.75, 3.05) is 0 Å². The van der Waals surface area contributed by atoms with Crippen LogP contribution in [0.5, 0.6) is 0 Å². The molecule has 0 unspecified atom stereocenters. The first-order valence-corrected chi connectivity index (χ1v) is 8.68. The fraction of sp³-hybridized carbons (Fsp3) is 0.263. The lowest BCUT2D eigenvalue weighted by molar-refractivity contribution is 0.0745. The Morgan fingerprint density at radius 1 is 1.12 bits per heavy atom. The molecular formula is C19H17ClN4O2. The maximum atomic E-state index is 13.0. The summed E-state index contributed by atoms with van der Waals surface area (Å²) in [6, 6.07) is 6.90. The molecule has 0 N–H and O–H groups in total. The molecule has 0 fully saturated rings. The van der Waals surface area contributed by atoms with E-state index in [1.807, 2.05) is 13.8 Å². The number of amides is 1. The van der Waals surface area contributed by atoms with Crippen molar-refractivity contribution in [3.8, 4) is 0 Å². The van der Waals surface area contributed by atoms with Crippen molar-refractivity contribution < 1.29 is 9.59 Å². The van der Waals surface area contributed by atoms with E-state index in [4.69, 9.17) is 11.6 Å². The van der Waals surface area contributed by atoms with Gasteiger partial charge in [-0.25, -0.2) is 9.50 Å². The van der Waals surface area contributed by atoms with Gasteiger partial charge in [0.15, 0.2) is 11.4 Å². The Bertz CT molecular complexity index is 1090. The van der Waals surface area contributed by atoms with Crippen molar-refractivity contribution in [1.82, 2.24) is 19.5 Å². The van der Waals surface area contributed by atoms with Crippen molar-refractivity contribution in [2.45, 2.75) is 33.9 Å². The summed E-state index contributed by atoms with van der Waals surface area (Å²) < 4.78 is 1.74. The largest absolute Gasteiger partial charge is 0.328 e. The Kier molecular flexibility index (Phi) is 3.80. The summed E-state index contributed by atoms with van der Waals surface area (Å²) in [6.45, 7) is 6.03. The van der Waals surface area contributed by atoms with Crippen LogP contribution in [0.15, 0.2) is 24.3 Å². The lowest BCUT2D eigenvalue weighted by Crippen LogP contribution is -2.27. The van der Waals surface area contributed by atoms with Crippen LogP contribution in [-0.4, -0.2) is 31.2 Å². The average molecular weight is 369 g/mol. The van der Waals surface area contributed by atoms with E-state index in [-0.39, 0.29) is 11.7 Å². The van der Waals surface area contributed by atoms with Crippen LogP contribution in [0.4, 0.5) is 0 Å². The topological polar surface area (TPSA) is 67.6 Å². The van der Waals surface area contributed by atoms with E-state index in [1.54, 1.807) is 33.7 Å². The number of hydrogen-bond donors (Lipinski definition) is 0. The van der Waals surface area contributed by atoms with E-state index in [0.29, 0.717) is 29.2 Å². The summed E-state index contributed by atoms with van der Waals surface area (Å²) in [7, 11) is 0. The quantitative estimate of drug-likeness (QED) is 0.650. The Balaban J connectivity index is 1.72. The lowest BCUT2D eigenvalue weighted by atomic mass is 10.0. The number of ketones is 1. The smallest absolute Gasteiger partial charge is 0.255 e. The number of fused-ring (bicyclic) bond motifs is 3. The number of aryl methyl sites for hydroxylation is 2. The van der Waals surface area contributed by atoms with Crippen molar-refractivity contribution in [2.24, 2.45) is 0 Å². The highest BCUT2D eigenvalue weighted by molar-refractivity contribution is 6.31. The fourth-order valence-corrected chi connectivity index (χ4v) is 3.53. The van der Waals surface area contributed by atoms with Gasteiger partial charge in [0.25, 0.3) is 5.91 Å². The summed E-state index contributed by atoms with van der Waals surface area (Å²) >= 11 is 6.27. The van der Waals surface area contributed by atoms with Crippen molar-refractivity contribution in [3.63, 3.8) is 0 Å². The molecule has 2 aromatic heterocycles. The summed E-state index contributed by atoms with van der Waals surface area (Å²) in [6.07, 6.45) is 0. The van der Waals surface area contributed by atoms with Crippen LogP contribution < -0.4 is 0 Å². The van der Waals surface area contributed by atoms with Gasteiger partial charge in [-0.15, -0.1) is 0 Å². The third kappa shape index (κ3) is 2.41. The number of hydrogen-bond acceptors (Lipinski definition) is 4. The summed E-state index contributed by atoms with van der Waals surface area (Å²) in [4.78, 5) is 31.0. The number of halogens is 1. The minimum Gasteiger partial charge on any atom is -0.328 e. The van der Waals surface area contributed by atoms with Crippen LogP contribution in [0.3, 0.4) is 0 Å². The van der Waals surface area contributed by atoms with E-state index in [0.717, 1.165) is 28.3 Å². The van der Waals surface area contributed by atoms with E-state index in [9.17, 15) is 9.59 Å². The first-order valence-electron chi connectivity index (χ1n) is 8.31. The maximum absolute atomic E-state index is 13.0. The highest BCUT2D eigenvalue weighted by Crippen LogP contribution is 2.30. The molecule has 0 radical (unpaired) electrons. The normalized spacial score (nSPS) is 13.3. The van der Waals surface area contributed by atoms with Crippen molar-refractivity contribution in [3.05, 3.63) is 63.1 Å². The zero-order valence-electron chi connectivity index (χ0n) is 14.7. The second kappa shape index (κ2) is 5.92. The zero-order chi connectivity index (χ0) is 18.6. The summed E-state index contributed by atoms with van der Waals surface area (Å²) in [5.74, 6) is -0.295. The maximum Gasteiger partial charge on any atom is 0.255 e. The van der Waals surface area contributed by atoms with Crippen LogP contribution >= 0.6 is 11.6 Å². The highest BCUT2D eigenvalue weighted by atomic mass is 35.5. The monoisotopic (exact) mass is 368 g/mol. The number of aromatic nitrogens is 3. The highest BCUT2D eigenvalue weighted by Gasteiger charge is 2.31. The predicted octanol–water partition coefficient (Wildman–Crippen LogP) is 3.36. The predicted molar refractivity (Wildman–Crippen MR) is 97.5 cm³/mol. The van der Waals surface area contributed by atoms with Crippen LogP contribution in [0.2, 0.25) is 5.02 Å². The molecule has 7 heteroatoms. The molecule has 0 saturated carbocycles. The van der Waals surface area contributed by atoms with Crippen LogP contribution in [0, 0.1) is 13.8 Å². The van der Waals surface area contributed by atoms with Crippen LogP contribution in [0.1, 0.15) is 50.3 Å². The molecule has 1 amide bonds. The Morgan fingerprint density at radius 3 is 2.50 bits per heavy atom. The van der Waals surface area contributed by atoms with Gasteiger partial charge in [-0.1, -0.05) is 29.8 Å². The molecule has 0 bridgehead atoms. The number of carbonyl (C=O) groups is 2. The second-order valence-electron chi connectivity index (χ2n) is 6.52. The minimum absolute atomic E-state index is 0.123. The molecule has 1 aromatic carbocycles. The minimum atomic E-state index is -0.172. The first-order chi connectivity index (χ1) is 12.4. The SMILES string of the molecule is CC(=O)c1ccccc1C(=O)N1Cc2nn3c(C)c(Cl)c(C)nc3c2C1.